The van der Waals surface area contributed by atoms with E-state index in [0.717, 1.165) is 72.0 Å². The molecule has 0 aliphatic rings. The maximum absolute atomic E-state index is 7.89. The molecule has 8 aromatic carbocycles. The second-order valence-corrected chi connectivity index (χ2v) is 14.4. The van der Waals surface area contributed by atoms with Crippen molar-refractivity contribution in [3.05, 3.63) is 206 Å². The second kappa shape index (κ2) is 13.6. The molecule has 0 N–H and O–H groups in total. The number of nitrogens with zero attached hydrogens (tertiary/aromatic N) is 6. The minimum atomic E-state index is 0.552. The van der Waals surface area contributed by atoms with Gasteiger partial charge in [0.1, 0.15) is 0 Å². The molecule has 6 heteroatoms. The van der Waals surface area contributed by atoms with Crippen LogP contribution in [-0.4, -0.2) is 24.1 Å². The maximum Gasteiger partial charge on any atom is 0.189 e. The first-order chi connectivity index (χ1) is 28.7. The van der Waals surface area contributed by atoms with E-state index in [0.29, 0.717) is 23.2 Å². The van der Waals surface area contributed by atoms with Crippen molar-refractivity contribution in [1.82, 2.24) is 24.1 Å². The normalized spacial score (nSPS) is 11.4. The molecule has 0 saturated heterocycles. The van der Waals surface area contributed by atoms with E-state index in [1.54, 1.807) is 0 Å². The van der Waals surface area contributed by atoms with Crippen LogP contribution in [0, 0.1) is 6.57 Å². The zero-order chi connectivity index (χ0) is 38.6. The fourth-order valence-corrected chi connectivity index (χ4v) is 8.31. The lowest BCUT2D eigenvalue weighted by Crippen LogP contribution is -2.04. The molecule has 0 aliphatic heterocycles. The Morgan fingerprint density at radius 2 is 0.845 bits per heavy atom. The van der Waals surface area contributed by atoms with Gasteiger partial charge in [0.25, 0.3) is 0 Å². The Morgan fingerprint density at radius 1 is 0.362 bits per heavy atom. The Balaban J connectivity index is 1.21. The van der Waals surface area contributed by atoms with E-state index in [1.165, 1.54) is 10.8 Å². The summed E-state index contributed by atoms with van der Waals surface area (Å²) in [7, 11) is 0. The van der Waals surface area contributed by atoms with Crippen LogP contribution in [-0.2, 0) is 0 Å². The summed E-state index contributed by atoms with van der Waals surface area (Å²) in [6, 6.07) is 66.9. The smallest absolute Gasteiger partial charge is 0.189 e. The predicted octanol–water partition coefficient (Wildman–Crippen LogP) is 13.3. The van der Waals surface area contributed by atoms with Gasteiger partial charge < -0.3 is 9.13 Å². The molecule has 0 saturated carbocycles. The summed E-state index contributed by atoms with van der Waals surface area (Å²) in [5, 5.41) is 4.58. The highest BCUT2D eigenvalue weighted by atomic mass is 15.1. The molecule has 6 nitrogen and oxygen atoms in total. The van der Waals surface area contributed by atoms with Crippen molar-refractivity contribution in [2.24, 2.45) is 0 Å². The third-order valence-corrected chi connectivity index (χ3v) is 11.0. The van der Waals surface area contributed by atoms with Crippen LogP contribution in [0.3, 0.4) is 0 Å². The molecular formula is C52H32N6. The molecule has 0 fully saturated rings. The molecule has 0 bridgehead atoms. The van der Waals surface area contributed by atoms with E-state index in [-0.39, 0.29) is 0 Å². The number of hydrogen-bond acceptors (Lipinski definition) is 3. The molecule has 0 atom stereocenters. The van der Waals surface area contributed by atoms with Gasteiger partial charge in [-0.1, -0.05) is 146 Å². The van der Waals surface area contributed by atoms with E-state index < -0.39 is 0 Å². The standard InChI is InChI=1S/C52H32N6/c1-53-38-27-29-43-41-22-12-14-24-46(41)58(49(43)33-38)47-30-26-36(37-25-28-42-40-21-11-13-23-45(40)57(48(42)32-37)39-19-9-4-10-20-39)31-44(47)52-55-50(34-15-5-2-6-16-34)54-51(56-52)35-17-7-3-8-18-35/h2-33H. The molecule has 270 valence electrons. The van der Waals surface area contributed by atoms with Crippen molar-refractivity contribution in [3.8, 4) is 56.7 Å². The van der Waals surface area contributed by atoms with Crippen LogP contribution in [0.5, 0.6) is 0 Å². The summed E-state index contributed by atoms with van der Waals surface area (Å²) < 4.78 is 4.60. The van der Waals surface area contributed by atoms with Gasteiger partial charge in [-0.2, -0.15) is 0 Å². The molecule has 3 aromatic heterocycles. The Bertz CT molecular complexity index is 3340. The first kappa shape index (κ1) is 33.2. The molecule has 0 amide bonds. The van der Waals surface area contributed by atoms with Gasteiger partial charge in [-0.25, -0.2) is 19.8 Å². The van der Waals surface area contributed by atoms with Crippen molar-refractivity contribution in [1.29, 1.82) is 0 Å². The van der Waals surface area contributed by atoms with Crippen LogP contribution in [0.15, 0.2) is 194 Å². The van der Waals surface area contributed by atoms with Gasteiger partial charge in [-0.05, 0) is 59.7 Å². The second-order valence-electron chi connectivity index (χ2n) is 14.4. The molecular weight excluding hydrogens is 709 g/mol. The highest BCUT2D eigenvalue weighted by molar-refractivity contribution is 6.12. The van der Waals surface area contributed by atoms with Crippen LogP contribution in [0.4, 0.5) is 5.69 Å². The first-order valence-corrected chi connectivity index (χ1v) is 19.2. The van der Waals surface area contributed by atoms with Gasteiger partial charge in [0.15, 0.2) is 23.2 Å². The van der Waals surface area contributed by atoms with Crippen molar-refractivity contribution >= 4 is 49.3 Å². The van der Waals surface area contributed by atoms with E-state index in [9.17, 15) is 0 Å². The monoisotopic (exact) mass is 740 g/mol. The van der Waals surface area contributed by atoms with Crippen LogP contribution < -0.4 is 0 Å². The van der Waals surface area contributed by atoms with Crippen molar-refractivity contribution in [3.63, 3.8) is 0 Å². The zero-order valence-corrected chi connectivity index (χ0v) is 31.2. The molecule has 0 radical (unpaired) electrons. The van der Waals surface area contributed by atoms with Gasteiger partial charge in [0.2, 0.25) is 0 Å². The number of benzene rings is 8. The van der Waals surface area contributed by atoms with Crippen LogP contribution in [0.1, 0.15) is 0 Å². The van der Waals surface area contributed by atoms with Crippen molar-refractivity contribution < 1.29 is 0 Å². The fourth-order valence-electron chi connectivity index (χ4n) is 8.31. The largest absolute Gasteiger partial charge is 0.310 e. The third kappa shape index (κ3) is 5.45. The lowest BCUT2D eigenvalue weighted by Gasteiger charge is -2.17. The molecule has 0 spiro atoms. The van der Waals surface area contributed by atoms with Crippen LogP contribution in [0.25, 0.3) is 105 Å². The summed E-state index contributed by atoms with van der Waals surface area (Å²) in [5.74, 6) is 1.73. The predicted molar refractivity (Wildman–Crippen MR) is 237 cm³/mol. The first-order valence-electron chi connectivity index (χ1n) is 19.2. The number of aromatic nitrogens is 5. The van der Waals surface area contributed by atoms with Gasteiger partial charge in [0, 0.05) is 49.4 Å². The van der Waals surface area contributed by atoms with Crippen molar-refractivity contribution in [2.75, 3.05) is 0 Å². The van der Waals surface area contributed by atoms with Crippen molar-refractivity contribution in [2.45, 2.75) is 0 Å². The van der Waals surface area contributed by atoms with Crippen LogP contribution >= 0.6 is 0 Å². The Hall–Kier alpha value is -8.14. The lowest BCUT2D eigenvalue weighted by molar-refractivity contribution is 1.06. The quantitative estimate of drug-likeness (QED) is 0.160. The number of rotatable bonds is 6. The third-order valence-electron chi connectivity index (χ3n) is 11.0. The highest BCUT2D eigenvalue weighted by Gasteiger charge is 2.21. The molecule has 0 unspecified atom stereocenters. The van der Waals surface area contributed by atoms with E-state index >= 15 is 0 Å². The average molecular weight is 741 g/mol. The molecule has 3 heterocycles. The minimum absolute atomic E-state index is 0.552. The number of hydrogen-bond donors (Lipinski definition) is 0. The summed E-state index contributed by atoms with van der Waals surface area (Å²) in [6.45, 7) is 7.89. The Labute approximate surface area is 334 Å². The number of fused-ring (bicyclic) bond motifs is 6. The highest BCUT2D eigenvalue weighted by Crippen LogP contribution is 2.41. The maximum atomic E-state index is 7.89. The summed E-state index contributed by atoms with van der Waals surface area (Å²) in [4.78, 5) is 19.3. The fraction of sp³-hybridized carbons (Fsp3) is 0. The molecule has 0 aliphatic carbocycles. The minimum Gasteiger partial charge on any atom is -0.310 e. The van der Waals surface area contributed by atoms with E-state index in [4.69, 9.17) is 21.5 Å². The van der Waals surface area contributed by atoms with Gasteiger partial charge in [0.05, 0.1) is 28.8 Å². The average Bonchev–Trinajstić information content (AvgIpc) is 3.81. The van der Waals surface area contributed by atoms with Gasteiger partial charge >= 0.3 is 0 Å². The van der Waals surface area contributed by atoms with Gasteiger partial charge in [-0.3, -0.25) is 0 Å². The van der Waals surface area contributed by atoms with Gasteiger partial charge in [-0.15, -0.1) is 0 Å². The molecule has 58 heavy (non-hydrogen) atoms. The van der Waals surface area contributed by atoms with E-state index in [2.05, 4.69) is 135 Å². The molecule has 11 rings (SSSR count). The Morgan fingerprint density at radius 3 is 1.48 bits per heavy atom. The van der Waals surface area contributed by atoms with E-state index in [1.807, 2.05) is 72.8 Å². The summed E-state index contributed by atoms with van der Waals surface area (Å²) in [5.41, 5.74) is 11.6. The topological polar surface area (TPSA) is 52.9 Å². The summed E-state index contributed by atoms with van der Waals surface area (Å²) in [6.07, 6.45) is 0. The zero-order valence-electron chi connectivity index (χ0n) is 31.2. The van der Waals surface area contributed by atoms with Crippen LogP contribution in [0.2, 0.25) is 0 Å². The Kier molecular flexibility index (Phi) is 7.76. The lowest BCUT2D eigenvalue weighted by atomic mass is 9.99. The SMILES string of the molecule is [C-]#[N+]c1ccc2c3ccccc3n(-c3ccc(-c4ccc5c6ccccc6n(-c6ccccc6)c5c4)cc3-c3nc(-c4ccccc4)nc(-c4ccccc4)n3)c2c1. The number of para-hydroxylation sites is 3. The molecule has 11 aromatic rings. The summed E-state index contributed by atoms with van der Waals surface area (Å²) >= 11 is 0.